The molecule has 2 N–H and O–H groups in total. The van der Waals surface area contributed by atoms with Crippen LogP contribution in [0.4, 0.5) is 8.78 Å². The Bertz CT molecular complexity index is 963. The van der Waals surface area contributed by atoms with Crippen LogP contribution in [-0.2, 0) is 4.79 Å². The Balaban J connectivity index is 1.80. The molecule has 0 bridgehead atoms. The number of para-hydroxylation sites is 1. The van der Waals surface area contributed by atoms with E-state index in [-0.39, 0.29) is 29.6 Å². The molecular formula is C20H19F2N3O5. The summed E-state index contributed by atoms with van der Waals surface area (Å²) in [6.07, 6.45) is 0.0581. The van der Waals surface area contributed by atoms with E-state index in [0.29, 0.717) is 17.1 Å². The van der Waals surface area contributed by atoms with Crippen molar-refractivity contribution in [2.24, 2.45) is 4.99 Å². The third kappa shape index (κ3) is 4.83. The minimum Gasteiger partial charge on any atom is -0.493 e. The largest absolute Gasteiger partial charge is 0.493 e. The number of carbonyl (C=O) groups is 2. The van der Waals surface area contributed by atoms with E-state index in [4.69, 9.17) is 9.47 Å². The first-order chi connectivity index (χ1) is 14.4. The Kier molecular flexibility index (Phi) is 6.45. The second-order valence-electron chi connectivity index (χ2n) is 6.19. The summed E-state index contributed by atoms with van der Waals surface area (Å²) in [5.41, 5.74) is 0.807. The standard InChI is InChI=1S/C20H19F2N3O5/c1-28-15-5-3-4-13(17(15)29-2)14-10-16(26)24-20(23-14)25-18(27)11-6-8-12(9-7-11)30-19(21)22/h3-9,14,19H,10H2,1-2H3,(H2,23,24,25,26,27)/t14-/m0/s1. The van der Waals surface area contributed by atoms with E-state index in [1.165, 1.54) is 38.5 Å². The lowest BCUT2D eigenvalue weighted by molar-refractivity contribution is -0.120. The van der Waals surface area contributed by atoms with E-state index < -0.39 is 18.6 Å². The molecule has 158 valence electrons. The van der Waals surface area contributed by atoms with Gasteiger partial charge in [-0.15, -0.1) is 0 Å². The van der Waals surface area contributed by atoms with Gasteiger partial charge in [-0.3, -0.25) is 20.2 Å². The highest BCUT2D eigenvalue weighted by atomic mass is 19.3. The highest BCUT2D eigenvalue weighted by molar-refractivity contribution is 6.10. The Labute approximate surface area is 170 Å². The van der Waals surface area contributed by atoms with Crippen LogP contribution >= 0.6 is 0 Å². The summed E-state index contributed by atoms with van der Waals surface area (Å²) < 4.78 is 39.4. The molecule has 0 saturated heterocycles. The number of nitrogens with one attached hydrogen (secondary N) is 2. The van der Waals surface area contributed by atoms with Crippen LogP contribution < -0.4 is 24.8 Å². The van der Waals surface area contributed by atoms with Gasteiger partial charge in [0, 0.05) is 11.1 Å². The molecule has 2 aromatic rings. The Hall–Kier alpha value is -3.69. The number of carbonyl (C=O) groups excluding carboxylic acids is 2. The van der Waals surface area contributed by atoms with Crippen LogP contribution in [-0.4, -0.2) is 38.6 Å². The van der Waals surface area contributed by atoms with Gasteiger partial charge < -0.3 is 14.2 Å². The van der Waals surface area contributed by atoms with Gasteiger partial charge >= 0.3 is 6.61 Å². The van der Waals surface area contributed by atoms with E-state index in [1.807, 2.05) is 0 Å². The van der Waals surface area contributed by atoms with E-state index in [9.17, 15) is 18.4 Å². The van der Waals surface area contributed by atoms with E-state index >= 15 is 0 Å². The van der Waals surface area contributed by atoms with Gasteiger partial charge in [0.15, 0.2) is 11.5 Å². The maximum absolute atomic E-state index is 12.4. The second-order valence-corrected chi connectivity index (χ2v) is 6.19. The van der Waals surface area contributed by atoms with E-state index in [2.05, 4.69) is 20.4 Å². The molecule has 0 aromatic heterocycles. The molecule has 0 aliphatic carbocycles. The quantitative estimate of drug-likeness (QED) is 0.750. The number of aliphatic imine (C=N–C) groups is 1. The van der Waals surface area contributed by atoms with Gasteiger partial charge in [0.25, 0.3) is 5.91 Å². The maximum Gasteiger partial charge on any atom is 0.387 e. The normalized spacial score (nSPS) is 15.8. The molecule has 2 aromatic carbocycles. The van der Waals surface area contributed by atoms with Crippen molar-refractivity contribution in [1.82, 2.24) is 10.6 Å². The molecule has 1 atom stereocenters. The molecule has 0 saturated carbocycles. The average Bonchev–Trinajstić information content (AvgIpc) is 2.72. The molecule has 30 heavy (non-hydrogen) atoms. The average molecular weight is 419 g/mol. The number of benzene rings is 2. The van der Waals surface area contributed by atoms with Crippen LogP contribution in [0.1, 0.15) is 28.4 Å². The molecule has 0 radical (unpaired) electrons. The molecule has 0 fully saturated rings. The first kappa shape index (κ1) is 21.0. The lowest BCUT2D eigenvalue weighted by Crippen LogP contribution is -2.47. The number of halogens is 2. The molecule has 1 heterocycles. The van der Waals surface area contributed by atoms with Gasteiger partial charge in [-0.25, -0.2) is 4.99 Å². The molecular weight excluding hydrogens is 400 g/mol. The zero-order valence-electron chi connectivity index (χ0n) is 16.1. The van der Waals surface area contributed by atoms with Gasteiger partial charge in [0.05, 0.1) is 26.7 Å². The molecule has 0 unspecified atom stereocenters. The van der Waals surface area contributed by atoms with Crippen LogP contribution in [0, 0.1) is 0 Å². The predicted octanol–water partition coefficient (Wildman–Crippen LogP) is 2.65. The predicted molar refractivity (Wildman–Crippen MR) is 103 cm³/mol. The molecule has 3 rings (SSSR count). The van der Waals surface area contributed by atoms with Crippen LogP contribution in [0.5, 0.6) is 17.2 Å². The van der Waals surface area contributed by atoms with Gasteiger partial charge in [-0.1, -0.05) is 12.1 Å². The van der Waals surface area contributed by atoms with Crippen LogP contribution in [0.3, 0.4) is 0 Å². The number of rotatable bonds is 6. The highest BCUT2D eigenvalue weighted by Crippen LogP contribution is 2.38. The van der Waals surface area contributed by atoms with Gasteiger partial charge in [-0.05, 0) is 30.3 Å². The highest BCUT2D eigenvalue weighted by Gasteiger charge is 2.27. The van der Waals surface area contributed by atoms with Crippen molar-refractivity contribution in [3.05, 3.63) is 53.6 Å². The van der Waals surface area contributed by atoms with Crippen molar-refractivity contribution in [3.63, 3.8) is 0 Å². The van der Waals surface area contributed by atoms with Crippen molar-refractivity contribution in [2.75, 3.05) is 14.2 Å². The van der Waals surface area contributed by atoms with Crippen molar-refractivity contribution in [2.45, 2.75) is 19.1 Å². The lowest BCUT2D eigenvalue weighted by atomic mass is 10.0. The molecule has 1 aliphatic heterocycles. The number of hydrogen-bond acceptors (Lipinski definition) is 6. The van der Waals surface area contributed by atoms with Crippen molar-refractivity contribution in [3.8, 4) is 17.2 Å². The minimum atomic E-state index is -2.96. The van der Waals surface area contributed by atoms with E-state index in [1.54, 1.807) is 18.2 Å². The third-order valence-corrected chi connectivity index (χ3v) is 4.29. The van der Waals surface area contributed by atoms with Gasteiger partial charge in [-0.2, -0.15) is 8.78 Å². The monoisotopic (exact) mass is 419 g/mol. The van der Waals surface area contributed by atoms with Crippen molar-refractivity contribution >= 4 is 17.8 Å². The van der Waals surface area contributed by atoms with Crippen molar-refractivity contribution in [1.29, 1.82) is 0 Å². The van der Waals surface area contributed by atoms with Crippen LogP contribution in [0.15, 0.2) is 47.5 Å². The smallest absolute Gasteiger partial charge is 0.387 e. The van der Waals surface area contributed by atoms with E-state index in [0.717, 1.165) is 0 Å². The minimum absolute atomic E-state index is 0.0287. The number of ether oxygens (including phenoxy) is 3. The fourth-order valence-corrected chi connectivity index (χ4v) is 2.98. The van der Waals surface area contributed by atoms with Crippen molar-refractivity contribution < 1.29 is 32.6 Å². The Morgan fingerprint density at radius 1 is 1.17 bits per heavy atom. The number of methoxy groups -OCH3 is 2. The number of alkyl halides is 2. The zero-order valence-corrected chi connectivity index (χ0v) is 16.1. The molecule has 1 aliphatic rings. The number of nitrogens with zero attached hydrogens (tertiary/aromatic N) is 1. The second kappa shape index (κ2) is 9.21. The summed E-state index contributed by atoms with van der Waals surface area (Å²) in [5.74, 6) is -0.0718. The fraction of sp³-hybridized carbons (Fsp3) is 0.250. The molecule has 10 heteroatoms. The summed E-state index contributed by atoms with van der Waals surface area (Å²) in [6, 6.07) is 9.76. The molecule has 2 amide bonds. The Morgan fingerprint density at radius 3 is 2.53 bits per heavy atom. The summed E-state index contributed by atoms with van der Waals surface area (Å²) in [6.45, 7) is -2.96. The van der Waals surface area contributed by atoms with Crippen LogP contribution in [0.25, 0.3) is 0 Å². The van der Waals surface area contributed by atoms with Gasteiger partial charge in [0.1, 0.15) is 5.75 Å². The Morgan fingerprint density at radius 2 is 1.90 bits per heavy atom. The maximum atomic E-state index is 12.4. The zero-order chi connectivity index (χ0) is 21.7. The summed E-state index contributed by atoms with van der Waals surface area (Å²) >= 11 is 0. The first-order valence-electron chi connectivity index (χ1n) is 8.86. The number of amides is 2. The first-order valence-corrected chi connectivity index (χ1v) is 8.86. The molecule has 0 spiro atoms. The van der Waals surface area contributed by atoms with Gasteiger partial charge in [0.2, 0.25) is 11.9 Å². The van der Waals surface area contributed by atoms with Crippen LogP contribution in [0.2, 0.25) is 0 Å². The lowest BCUT2D eigenvalue weighted by Gasteiger charge is -2.23. The molecule has 8 nitrogen and oxygen atoms in total. The summed E-state index contributed by atoms with van der Waals surface area (Å²) in [5, 5.41) is 5.01. The SMILES string of the molecule is COc1cccc([C@@H]2CC(=O)NC(NC(=O)c3ccc(OC(F)F)cc3)=N2)c1OC. The third-order valence-electron chi connectivity index (χ3n) is 4.29. The summed E-state index contributed by atoms with van der Waals surface area (Å²) in [7, 11) is 2.99. The summed E-state index contributed by atoms with van der Waals surface area (Å²) in [4.78, 5) is 29.0. The fourth-order valence-electron chi connectivity index (χ4n) is 2.98. The number of hydrogen-bond donors (Lipinski definition) is 2. The number of guanidine groups is 1. The topological polar surface area (TPSA) is 98.3 Å².